The Morgan fingerprint density at radius 3 is 1.37 bits per heavy atom. The van der Waals surface area contributed by atoms with Gasteiger partial charge in [0.15, 0.2) is 6.17 Å². The van der Waals surface area contributed by atoms with Gasteiger partial charge in [0, 0.05) is 19.0 Å². The molecular weight excluding hydrogens is 636 g/mol. The van der Waals surface area contributed by atoms with Crippen molar-refractivity contribution in [3.05, 3.63) is 0 Å². The van der Waals surface area contributed by atoms with Crippen molar-refractivity contribution in [1.29, 1.82) is 0 Å². The maximum atomic E-state index is 15.2. The first-order valence-corrected chi connectivity index (χ1v) is 22.6. The second-order valence-corrected chi connectivity index (χ2v) is 16.0. The lowest BCUT2D eigenvalue weighted by atomic mass is 9.97. The lowest BCUT2D eigenvalue weighted by molar-refractivity contribution is -0.156. The molecular formula is C45H89FN2O3. The summed E-state index contributed by atoms with van der Waals surface area (Å²) in [5.41, 5.74) is 0. The van der Waals surface area contributed by atoms with Gasteiger partial charge in [-0.05, 0) is 84.8 Å². The van der Waals surface area contributed by atoms with E-state index in [2.05, 4.69) is 51.6 Å². The zero-order valence-corrected chi connectivity index (χ0v) is 35.3. The molecule has 0 aliphatic carbocycles. The van der Waals surface area contributed by atoms with E-state index in [1.54, 1.807) is 0 Å². The Balaban J connectivity index is 5.29. The standard InChI is InChI=1S/C45H89FN2O3/c1-7-11-15-19-21-23-25-31-40-48(44(49)38-32-39-47(5)6)41(33-26-24-22-20-16-12-8-2)34-29-30-37-43(46)45(50)51-42(35-27-17-13-9-3)36-28-18-14-10-4/h41-43H,7-40H2,1-6H3. The minimum Gasteiger partial charge on any atom is -0.460 e. The summed E-state index contributed by atoms with van der Waals surface area (Å²) in [5, 5.41) is 0. The van der Waals surface area contributed by atoms with Gasteiger partial charge in [-0.2, -0.15) is 0 Å². The van der Waals surface area contributed by atoms with Crippen LogP contribution in [-0.2, 0) is 14.3 Å². The van der Waals surface area contributed by atoms with Gasteiger partial charge >= 0.3 is 5.97 Å². The average molecular weight is 725 g/mol. The molecule has 0 radical (unpaired) electrons. The molecule has 51 heavy (non-hydrogen) atoms. The zero-order valence-electron chi connectivity index (χ0n) is 35.3. The fraction of sp³-hybridized carbons (Fsp3) is 0.956. The summed E-state index contributed by atoms with van der Waals surface area (Å²) in [5.74, 6) is -0.360. The number of hydrogen-bond donors (Lipinski definition) is 0. The minimum atomic E-state index is -1.55. The number of carbonyl (C=O) groups excluding carboxylic acids is 2. The number of hydrogen-bond acceptors (Lipinski definition) is 4. The lowest BCUT2D eigenvalue weighted by Gasteiger charge is -2.33. The molecule has 0 N–H and O–H groups in total. The summed E-state index contributed by atoms with van der Waals surface area (Å²) in [6.45, 7) is 10.7. The van der Waals surface area contributed by atoms with Crippen LogP contribution in [-0.4, -0.2) is 67.2 Å². The number of nitrogens with zero attached hydrogens (tertiary/aromatic N) is 2. The summed E-state index contributed by atoms with van der Waals surface area (Å²) in [4.78, 5) is 31.0. The Bertz CT molecular complexity index is 752. The molecule has 2 unspecified atom stereocenters. The van der Waals surface area contributed by atoms with Crippen LogP contribution in [0.25, 0.3) is 0 Å². The van der Waals surface area contributed by atoms with Gasteiger partial charge < -0.3 is 14.5 Å². The van der Waals surface area contributed by atoms with Gasteiger partial charge in [-0.15, -0.1) is 0 Å². The fourth-order valence-corrected chi connectivity index (χ4v) is 7.33. The molecule has 0 aromatic rings. The van der Waals surface area contributed by atoms with Gasteiger partial charge in [-0.25, -0.2) is 9.18 Å². The smallest absolute Gasteiger partial charge is 0.340 e. The Kier molecular flexibility index (Phi) is 36.3. The summed E-state index contributed by atoms with van der Waals surface area (Å²) in [6, 6.07) is 0.206. The van der Waals surface area contributed by atoms with E-state index in [0.29, 0.717) is 18.7 Å². The molecule has 1 amide bonds. The van der Waals surface area contributed by atoms with Gasteiger partial charge in [0.2, 0.25) is 5.91 Å². The summed E-state index contributed by atoms with van der Waals surface area (Å²) >= 11 is 0. The third kappa shape index (κ3) is 30.9. The van der Waals surface area contributed by atoms with Crippen LogP contribution in [0.15, 0.2) is 0 Å². The van der Waals surface area contributed by atoms with Crippen molar-refractivity contribution in [2.45, 2.75) is 251 Å². The number of alkyl halides is 1. The van der Waals surface area contributed by atoms with Crippen LogP contribution in [0, 0.1) is 0 Å². The van der Waals surface area contributed by atoms with Crippen molar-refractivity contribution >= 4 is 11.9 Å². The van der Waals surface area contributed by atoms with Crippen molar-refractivity contribution < 1.29 is 18.7 Å². The first-order chi connectivity index (χ1) is 24.8. The molecule has 0 fully saturated rings. The van der Waals surface area contributed by atoms with E-state index < -0.39 is 12.1 Å². The molecule has 5 nitrogen and oxygen atoms in total. The molecule has 6 heteroatoms. The largest absolute Gasteiger partial charge is 0.460 e. The van der Waals surface area contributed by atoms with Gasteiger partial charge in [-0.1, -0.05) is 163 Å². The number of amides is 1. The van der Waals surface area contributed by atoms with Crippen molar-refractivity contribution in [2.24, 2.45) is 0 Å². The van der Waals surface area contributed by atoms with Crippen LogP contribution in [0.1, 0.15) is 233 Å². The molecule has 0 spiro atoms. The lowest BCUT2D eigenvalue weighted by Crippen LogP contribution is -2.41. The second-order valence-electron chi connectivity index (χ2n) is 16.0. The number of halogens is 1. The normalized spacial score (nSPS) is 12.9. The zero-order chi connectivity index (χ0) is 37.8. The van der Waals surface area contributed by atoms with Crippen LogP contribution in [0.5, 0.6) is 0 Å². The van der Waals surface area contributed by atoms with Gasteiger partial charge in [0.25, 0.3) is 0 Å². The van der Waals surface area contributed by atoms with Gasteiger partial charge in [-0.3, -0.25) is 4.79 Å². The number of rotatable bonds is 39. The molecule has 0 aliphatic rings. The van der Waals surface area contributed by atoms with Crippen LogP contribution < -0.4 is 0 Å². The minimum absolute atomic E-state index is 0.153. The van der Waals surface area contributed by atoms with E-state index in [9.17, 15) is 9.59 Å². The van der Waals surface area contributed by atoms with E-state index in [0.717, 1.165) is 90.1 Å². The number of unbranched alkanes of at least 4 members (excludes halogenated alkanes) is 20. The van der Waals surface area contributed by atoms with Gasteiger partial charge in [0.05, 0.1) is 0 Å². The third-order valence-corrected chi connectivity index (χ3v) is 10.7. The summed E-state index contributed by atoms with van der Waals surface area (Å²) in [6.07, 6.45) is 33.1. The Morgan fingerprint density at radius 2 is 0.882 bits per heavy atom. The van der Waals surface area contributed by atoms with Crippen LogP contribution in [0.4, 0.5) is 4.39 Å². The molecule has 0 aromatic carbocycles. The molecule has 304 valence electrons. The fourth-order valence-electron chi connectivity index (χ4n) is 7.33. The highest BCUT2D eigenvalue weighted by molar-refractivity contribution is 5.76. The highest BCUT2D eigenvalue weighted by atomic mass is 19.1. The van der Waals surface area contributed by atoms with Crippen LogP contribution in [0.3, 0.4) is 0 Å². The third-order valence-electron chi connectivity index (χ3n) is 10.7. The number of esters is 1. The van der Waals surface area contributed by atoms with E-state index in [1.165, 1.54) is 109 Å². The Labute approximate surface area is 318 Å². The molecule has 0 aliphatic heterocycles. The van der Waals surface area contributed by atoms with E-state index >= 15 is 4.39 Å². The summed E-state index contributed by atoms with van der Waals surface area (Å²) < 4.78 is 21.0. The van der Waals surface area contributed by atoms with Crippen molar-refractivity contribution in [2.75, 3.05) is 27.2 Å². The second kappa shape index (κ2) is 37.2. The predicted molar refractivity (Wildman–Crippen MR) is 219 cm³/mol. The van der Waals surface area contributed by atoms with E-state index in [4.69, 9.17) is 4.74 Å². The van der Waals surface area contributed by atoms with Crippen LogP contribution in [0.2, 0.25) is 0 Å². The Morgan fingerprint density at radius 1 is 0.490 bits per heavy atom. The first-order valence-electron chi connectivity index (χ1n) is 22.6. The predicted octanol–water partition coefficient (Wildman–Crippen LogP) is 13.6. The maximum Gasteiger partial charge on any atom is 0.340 e. The number of ether oxygens (including phenoxy) is 1. The highest BCUT2D eigenvalue weighted by Crippen LogP contribution is 2.23. The molecule has 0 rings (SSSR count). The van der Waals surface area contributed by atoms with Crippen molar-refractivity contribution in [3.8, 4) is 0 Å². The van der Waals surface area contributed by atoms with E-state index in [1.807, 2.05) is 0 Å². The van der Waals surface area contributed by atoms with E-state index in [-0.39, 0.29) is 18.6 Å². The quantitative estimate of drug-likeness (QED) is 0.0468. The molecule has 0 aromatic heterocycles. The monoisotopic (exact) mass is 725 g/mol. The Hall–Kier alpha value is -1.17. The molecule has 0 saturated heterocycles. The van der Waals surface area contributed by atoms with Gasteiger partial charge in [0.1, 0.15) is 6.10 Å². The SMILES string of the molecule is CCCCCCCCCCN(C(=O)CCCN(C)C)C(CCCCCCCCC)CCCCC(F)C(=O)OC(CCCCCC)CCCCCC. The molecule has 0 bridgehead atoms. The maximum absolute atomic E-state index is 15.2. The first kappa shape index (κ1) is 49.8. The number of carbonyl (C=O) groups is 2. The molecule has 0 heterocycles. The van der Waals surface area contributed by atoms with Crippen LogP contribution >= 0.6 is 0 Å². The molecule has 2 atom stereocenters. The topological polar surface area (TPSA) is 49.9 Å². The summed E-state index contributed by atoms with van der Waals surface area (Å²) in [7, 11) is 4.14. The van der Waals surface area contributed by atoms with Crippen molar-refractivity contribution in [3.63, 3.8) is 0 Å². The average Bonchev–Trinajstić information content (AvgIpc) is 3.11. The highest BCUT2D eigenvalue weighted by Gasteiger charge is 2.25. The van der Waals surface area contributed by atoms with Crippen molar-refractivity contribution in [1.82, 2.24) is 9.80 Å². The molecule has 0 saturated carbocycles.